The Balaban J connectivity index is 1.71. The molecule has 4 aromatic rings. The molecule has 1 aliphatic heterocycles. The van der Waals surface area contributed by atoms with Gasteiger partial charge in [-0.1, -0.05) is 24.3 Å². The van der Waals surface area contributed by atoms with Crippen molar-refractivity contribution in [3.63, 3.8) is 0 Å². The first-order valence-corrected chi connectivity index (χ1v) is 11.5. The molecule has 1 N–H and O–H groups in total. The number of pyridine rings is 1. The van der Waals surface area contributed by atoms with Crippen LogP contribution in [0.5, 0.6) is 5.75 Å². The minimum absolute atomic E-state index is 0.180. The number of nitrogens with one attached hydrogen (secondary N) is 1. The third kappa shape index (κ3) is 3.72. The summed E-state index contributed by atoms with van der Waals surface area (Å²) in [5.41, 5.74) is 5.66. The van der Waals surface area contributed by atoms with Gasteiger partial charge in [-0.25, -0.2) is 4.39 Å². The summed E-state index contributed by atoms with van der Waals surface area (Å²) in [5.74, 6) is 0.467. The van der Waals surface area contributed by atoms with Gasteiger partial charge >= 0.3 is 0 Å². The van der Waals surface area contributed by atoms with Crippen molar-refractivity contribution in [3.05, 3.63) is 107 Å². The number of methoxy groups -OCH3 is 1. The highest BCUT2D eigenvalue weighted by atomic mass is 32.1. The third-order valence-corrected chi connectivity index (χ3v) is 6.61. The van der Waals surface area contributed by atoms with Crippen molar-refractivity contribution < 1.29 is 9.13 Å². The van der Waals surface area contributed by atoms with E-state index in [0.717, 1.165) is 39.8 Å². The van der Waals surface area contributed by atoms with Crippen LogP contribution in [0.3, 0.4) is 0 Å². The molecule has 0 radical (unpaired) electrons. The van der Waals surface area contributed by atoms with Crippen LogP contribution < -0.4 is 15.0 Å². The van der Waals surface area contributed by atoms with Gasteiger partial charge in [-0.05, 0) is 80.2 Å². The fraction of sp³-hybridized carbons (Fsp3) is 0.185. The van der Waals surface area contributed by atoms with Gasteiger partial charge in [-0.3, -0.25) is 4.98 Å². The number of hydrogen-bond acceptors (Lipinski definition) is 3. The molecule has 0 spiro atoms. The highest BCUT2D eigenvalue weighted by molar-refractivity contribution is 7.80. The second-order valence-corrected chi connectivity index (χ2v) is 8.70. The summed E-state index contributed by atoms with van der Waals surface area (Å²) in [7, 11) is 1.66. The Morgan fingerprint density at radius 1 is 1.00 bits per heavy atom. The van der Waals surface area contributed by atoms with Gasteiger partial charge < -0.3 is 19.5 Å². The quantitative estimate of drug-likeness (QED) is 0.371. The van der Waals surface area contributed by atoms with Gasteiger partial charge in [0.15, 0.2) is 5.11 Å². The summed E-state index contributed by atoms with van der Waals surface area (Å²) in [6, 6.07) is 22.2. The van der Waals surface area contributed by atoms with Crippen LogP contribution in [0.25, 0.3) is 5.69 Å². The van der Waals surface area contributed by atoms with Crippen molar-refractivity contribution in [2.45, 2.75) is 25.9 Å². The van der Waals surface area contributed by atoms with Crippen molar-refractivity contribution in [2.75, 3.05) is 12.0 Å². The van der Waals surface area contributed by atoms with E-state index in [-0.39, 0.29) is 17.9 Å². The Hall–Kier alpha value is -3.71. The third-order valence-electron chi connectivity index (χ3n) is 6.30. The normalized spacial score (nSPS) is 17.6. The number of hydrogen-bond donors (Lipinski definition) is 1. The average molecular weight is 473 g/mol. The number of halogens is 1. The molecule has 0 bridgehead atoms. The lowest BCUT2D eigenvalue weighted by molar-refractivity contribution is 0.414. The van der Waals surface area contributed by atoms with E-state index in [1.165, 1.54) is 6.07 Å². The van der Waals surface area contributed by atoms with E-state index in [1.807, 2.05) is 55.5 Å². The van der Waals surface area contributed by atoms with E-state index in [2.05, 4.69) is 32.8 Å². The molecule has 7 heteroatoms. The number of thiocarbonyl (C=S) groups is 1. The zero-order valence-corrected chi connectivity index (χ0v) is 20.0. The van der Waals surface area contributed by atoms with Gasteiger partial charge in [-0.2, -0.15) is 0 Å². The maximum absolute atomic E-state index is 14.1. The molecule has 0 amide bonds. The summed E-state index contributed by atoms with van der Waals surface area (Å²) < 4.78 is 21.8. The first-order chi connectivity index (χ1) is 16.5. The molecule has 0 saturated carbocycles. The summed E-state index contributed by atoms with van der Waals surface area (Å²) in [6.45, 7) is 4.09. The second kappa shape index (κ2) is 8.91. The lowest BCUT2D eigenvalue weighted by Gasteiger charge is -2.29. The largest absolute Gasteiger partial charge is 0.495 e. The van der Waals surface area contributed by atoms with Crippen molar-refractivity contribution in [1.29, 1.82) is 0 Å². The average Bonchev–Trinajstić information content (AvgIpc) is 3.34. The van der Waals surface area contributed by atoms with E-state index in [9.17, 15) is 4.39 Å². The molecule has 1 saturated heterocycles. The summed E-state index contributed by atoms with van der Waals surface area (Å²) in [5, 5.41) is 4.09. The minimum atomic E-state index is -0.266. The van der Waals surface area contributed by atoms with Crippen LogP contribution in [0.15, 0.2) is 79.0 Å². The molecule has 5 rings (SSSR count). The predicted octanol–water partition coefficient (Wildman–Crippen LogP) is 5.81. The van der Waals surface area contributed by atoms with Crippen molar-refractivity contribution in [1.82, 2.24) is 14.9 Å². The van der Waals surface area contributed by atoms with Gasteiger partial charge in [0.1, 0.15) is 11.6 Å². The number of ether oxygens (including phenoxy) is 1. The number of benzene rings is 2. The Bertz CT molecular complexity index is 1350. The number of para-hydroxylation sites is 2. The van der Waals surface area contributed by atoms with Crippen LogP contribution in [-0.2, 0) is 0 Å². The number of nitrogens with zero attached hydrogens (tertiary/aromatic N) is 3. The topological polar surface area (TPSA) is 42.3 Å². The fourth-order valence-electron chi connectivity index (χ4n) is 4.86. The number of rotatable bonds is 5. The van der Waals surface area contributed by atoms with Gasteiger partial charge in [0.05, 0.1) is 30.6 Å². The van der Waals surface area contributed by atoms with E-state index >= 15 is 0 Å². The van der Waals surface area contributed by atoms with E-state index in [4.69, 9.17) is 17.0 Å². The van der Waals surface area contributed by atoms with E-state index in [0.29, 0.717) is 5.11 Å². The van der Waals surface area contributed by atoms with Crippen LogP contribution in [0.1, 0.15) is 34.7 Å². The highest BCUT2D eigenvalue weighted by Crippen LogP contribution is 2.46. The van der Waals surface area contributed by atoms with Crippen LogP contribution in [-0.4, -0.2) is 21.8 Å². The molecule has 1 fully saturated rings. The van der Waals surface area contributed by atoms with Gasteiger partial charge in [0.2, 0.25) is 0 Å². The smallest absolute Gasteiger partial charge is 0.174 e. The van der Waals surface area contributed by atoms with Gasteiger partial charge in [0.25, 0.3) is 0 Å². The molecule has 2 atom stereocenters. The molecule has 2 unspecified atom stereocenters. The molecule has 5 nitrogen and oxygen atoms in total. The lowest BCUT2D eigenvalue weighted by atomic mass is 9.96. The molecular formula is C27H25FN4OS. The second-order valence-electron chi connectivity index (χ2n) is 8.31. The first kappa shape index (κ1) is 22.1. The maximum Gasteiger partial charge on any atom is 0.174 e. The molecule has 2 aromatic carbocycles. The minimum Gasteiger partial charge on any atom is -0.495 e. The van der Waals surface area contributed by atoms with Crippen LogP contribution >= 0.6 is 12.2 Å². The monoisotopic (exact) mass is 472 g/mol. The molecule has 3 heterocycles. The van der Waals surface area contributed by atoms with Crippen LogP contribution in [0.2, 0.25) is 0 Å². The SMILES string of the molecule is COc1ccccc1N1C(=S)NC(c2ccccn2)C1c1cc(C)n(-c2cccc(F)c2)c1C. The van der Waals surface area contributed by atoms with Gasteiger partial charge in [0, 0.05) is 23.3 Å². The summed E-state index contributed by atoms with van der Waals surface area (Å²) in [6.07, 6.45) is 1.79. The zero-order chi connectivity index (χ0) is 23.8. The van der Waals surface area contributed by atoms with E-state index < -0.39 is 0 Å². The van der Waals surface area contributed by atoms with Crippen molar-refractivity contribution in [2.24, 2.45) is 0 Å². The van der Waals surface area contributed by atoms with Gasteiger partial charge in [-0.15, -0.1) is 0 Å². The first-order valence-electron chi connectivity index (χ1n) is 11.1. The number of anilines is 1. The molecule has 34 heavy (non-hydrogen) atoms. The zero-order valence-electron chi connectivity index (χ0n) is 19.2. The Morgan fingerprint density at radius 3 is 2.53 bits per heavy atom. The molecule has 1 aliphatic rings. The molecular weight excluding hydrogens is 447 g/mol. The molecule has 172 valence electrons. The Morgan fingerprint density at radius 2 is 1.79 bits per heavy atom. The summed E-state index contributed by atoms with van der Waals surface area (Å²) >= 11 is 5.85. The van der Waals surface area contributed by atoms with E-state index in [1.54, 1.807) is 25.4 Å². The van der Waals surface area contributed by atoms with Crippen molar-refractivity contribution >= 4 is 23.0 Å². The fourth-order valence-corrected chi connectivity index (χ4v) is 5.20. The maximum atomic E-state index is 14.1. The Kier molecular flexibility index (Phi) is 5.79. The molecule has 2 aromatic heterocycles. The predicted molar refractivity (Wildman–Crippen MR) is 136 cm³/mol. The summed E-state index contributed by atoms with van der Waals surface area (Å²) in [4.78, 5) is 6.74. The lowest BCUT2D eigenvalue weighted by Crippen LogP contribution is -2.30. The van der Waals surface area contributed by atoms with Crippen molar-refractivity contribution in [3.8, 4) is 11.4 Å². The standard InChI is InChI=1S/C27H25FN4OS/c1-17-15-21(18(2)31(17)20-10-8-9-19(28)16-20)26-25(22-11-6-7-14-29-22)30-27(34)32(26)23-12-4-5-13-24(23)33-3/h4-16,25-26H,1-3H3,(H,30,34). The highest BCUT2D eigenvalue weighted by Gasteiger charge is 2.43. The Labute approximate surface area is 203 Å². The van der Waals surface area contributed by atoms with Crippen LogP contribution in [0.4, 0.5) is 10.1 Å². The molecule has 0 aliphatic carbocycles. The van der Waals surface area contributed by atoms with Crippen LogP contribution in [0, 0.1) is 19.7 Å². The number of aromatic nitrogens is 2. The number of aryl methyl sites for hydroxylation is 1.